The fourth-order valence-corrected chi connectivity index (χ4v) is 3.31. The molecule has 0 spiro atoms. The van der Waals surface area contributed by atoms with Crippen molar-refractivity contribution in [3.05, 3.63) is 39.3 Å². The molecule has 3 rings (SSSR count). The second-order valence-corrected chi connectivity index (χ2v) is 7.46. The van der Waals surface area contributed by atoms with Gasteiger partial charge in [-0.1, -0.05) is 38.8 Å². The molecule has 3 heterocycles. The summed E-state index contributed by atoms with van der Waals surface area (Å²) in [5, 5.41) is 9.51. The zero-order valence-electron chi connectivity index (χ0n) is 16.1. The molecule has 2 aromatic heterocycles. The second-order valence-electron chi connectivity index (χ2n) is 7.10. The SMILES string of the molecule is CCCCOc1cc2c(nc1Cl)-c1cc(=O)c(C(=O)O)cn1[C@H](C(C)C)CO2. The van der Waals surface area contributed by atoms with Crippen molar-refractivity contribution >= 4 is 17.6 Å². The Balaban J connectivity index is 2.16. The number of rotatable bonds is 6. The first-order chi connectivity index (χ1) is 13.3. The lowest BCUT2D eigenvalue weighted by molar-refractivity contribution is 0.0694. The summed E-state index contributed by atoms with van der Waals surface area (Å²) in [6.45, 7) is 6.90. The zero-order valence-corrected chi connectivity index (χ0v) is 16.8. The molecule has 0 unspecified atom stereocenters. The van der Waals surface area contributed by atoms with E-state index < -0.39 is 11.4 Å². The molecule has 0 radical (unpaired) electrons. The number of fused-ring (bicyclic) bond motifs is 3. The van der Waals surface area contributed by atoms with Gasteiger partial charge in [0.05, 0.1) is 18.3 Å². The lowest BCUT2D eigenvalue weighted by atomic mass is 10.0. The first kappa shape index (κ1) is 20.2. The number of hydrogen-bond donors (Lipinski definition) is 1. The van der Waals surface area contributed by atoms with E-state index in [2.05, 4.69) is 11.9 Å². The number of hydrogen-bond acceptors (Lipinski definition) is 5. The molecule has 2 aromatic rings. The maximum atomic E-state index is 12.3. The van der Waals surface area contributed by atoms with Crippen LogP contribution in [0.25, 0.3) is 11.4 Å². The molecule has 0 aliphatic carbocycles. The van der Waals surface area contributed by atoms with E-state index in [1.54, 1.807) is 10.6 Å². The van der Waals surface area contributed by atoms with Gasteiger partial charge in [-0.15, -0.1) is 0 Å². The average molecular weight is 407 g/mol. The molecule has 0 fully saturated rings. The third-order valence-corrected chi connectivity index (χ3v) is 5.02. The number of carboxylic acids is 1. The number of carboxylic acid groups (broad SMARTS) is 1. The van der Waals surface area contributed by atoms with Crippen molar-refractivity contribution in [2.45, 2.75) is 39.7 Å². The molecule has 28 heavy (non-hydrogen) atoms. The van der Waals surface area contributed by atoms with Gasteiger partial charge in [0.1, 0.15) is 17.9 Å². The molecule has 0 bridgehead atoms. The van der Waals surface area contributed by atoms with Crippen molar-refractivity contribution in [2.24, 2.45) is 5.92 Å². The number of ether oxygens (including phenoxy) is 2. The summed E-state index contributed by atoms with van der Waals surface area (Å²) in [6, 6.07) is 2.79. The highest BCUT2D eigenvalue weighted by atomic mass is 35.5. The minimum absolute atomic E-state index is 0.132. The molecular formula is C20H23ClN2O5. The molecule has 1 N–H and O–H groups in total. The van der Waals surface area contributed by atoms with Crippen LogP contribution in [0.1, 0.15) is 50.0 Å². The number of aromatic nitrogens is 2. The number of halogens is 1. The predicted octanol–water partition coefficient (Wildman–Crippen LogP) is 4.03. The Kier molecular flexibility index (Phi) is 5.93. The molecule has 1 aliphatic heterocycles. The summed E-state index contributed by atoms with van der Waals surface area (Å²) in [6.07, 6.45) is 3.25. The molecule has 0 saturated carbocycles. The number of pyridine rings is 2. The molecule has 150 valence electrons. The van der Waals surface area contributed by atoms with Crippen molar-refractivity contribution < 1.29 is 19.4 Å². The van der Waals surface area contributed by atoms with E-state index in [0.717, 1.165) is 12.8 Å². The van der Waals surface area contributed by atoms with Crippen LogP contribution < -0.4 is 14.9 Å². The van der Waals surface area contributed by atoms with Gasteiger partial charge in [-0.05, 0) is 12.3 Å². The highest BCUT2D eigenvalue weighted by molar-refractivity contribution is 6.31. The van der Waals surface area contributed by atoms with E-state index in [9.17, 15) is 14.7 Å². The molecule has 0 saturated heterocycles. The zero-order chi connectivity index (χ0) is 20.4. The summed E-state index contributed by atoms with van der Waals surface area (Å²) in [5.41, 5.74) is -0.00740. The minimum Gasteiger partial charge on any atom is -0.490 e. The monoisotopic (exact) mass is 406 g/mol. The van der Waals surface area contributed by atoms with Crippen LogP contribution in [-0.2, 0) is 0 Å². The first-order valence-corrected chi connectivity index (χ1v) is 9.67. The van der Waals surface area contributed by atoms with E-state index in [-0.39, 0.29) is 22.7 Å². The highest BCUT2D eigenvalue weighted by Gasteiger charge is 2.28. The van der Waals surface area contributed by atoms with Crippen molar-refractivity contribution in [3.8, 4) is 22.9 Å². The summed E-state index contributed by atoms with van der Waals surface area (Å²) in [4.78, 5) is 28.2. The van der Waals surface area contributed by atoms with Gasteiger partial charge in [0.25, 0.3) is 0 Å². The van der Waals surface area contributed by atoms with E-state index in [0.29, 0.717) is 36.1 Å². The average Bonchev–Trinajstić information content (AvgIpc) is 2.78. The minimum atomic E-state index is -1.26. The summed E-state index contributed by atoms with van der Waals surface area (Å²) < 4.78 is 13.4. The lowest BCUT2D eigenvalue weighted by Gasteiger charge is -2.24. The fourth-order valence-electron chi connectivity index (χ4n) is 3.12. The van der Waals surface area contributed by atoms with E-state index >= 15 is 0 Å². The predicted molar refractivity (Wildman–Crippen MR) is 106 cm³/mol. The van der Waals surface area contributed by atoms with Crippen LogP contribution in [0.3, 0.4) is 0 Å². The number of carbonyl (C=O) groups is 1. The van der Waals surface area contributed by atoms with Crippen molar-refractivity contribution in [2.75, 3.05) is 13.2 Å². The Morgan fingerprint density at radius 2 is 2.21 bits per heavy atom. The van der Waals surface area contributed by atoms with Gasteiger partial charge in [-0.25, -0.2) is 9.78 Å². The van der Waals surface area contributed by atoms with Crippen LogP contribution in [0, 0.1) is 5.92 Å². The van der Waals surface area contributed by atoms with E-state index in [1.807, 2.05) is 13.8 Å². The Morgan fingerprint density at radius 3 is 2.86 bits per heavy atom. The van der Waals surface area contributed by atoms with Crippen molar-refractivity contribution in [3.63, 3.8) is 0 Å². The van der Waals surface area contributed by atoms with Crippen LogP contribution in [0.4, 0.5) is 0 Å². The van der Waals surface area contributed by atoms with Crippen LogP contribution in [-0.4, -0.2) is 33.8 Å². The van der Waals surface area contributed by atoms with Crippen molar-refractivity contribution in [1.29, 1.82) is 0 Å². The maximum Gasteiger partial charge on any atom is 0.341 e. The maximum absolute atomic E-state index is 12.3. The van der Waals surface area contributed by atoms with E-state index in [4.69, 9.17) is 21.1 Å². The third kappa shape index (κ3) is 3.85. The van der Waals surface area contributed by atoms with Crippen LogP contribution >= 0.6 is 11.6 Å². The Morgan fingerprint density at radius 1 is 1.46 bits per heavy atom. The van der Waals surface area contributed by atoms with E-state index in [1.165, 1.54) is 12.3 Å². The number of aromatic carboxylic acids is 1. The Bertz CT molecular complexity index is 954. The van der Waals surface area contributed by atoms with Crippen LogP contribution in [0.2, 0.25) is 5.15 Å². The van der Waals surface area contributed by atoms with Crippen molar-refractivity contribution in [1.82, 2.24) is 9.55 Å². The topological polar surface area (TPSA) is 90.6 Å². The second kappa shape index (κ2) is 8.22. The molecule has 0 amide bonds. The molecule has 1 atom stereocenters. The Labute approximate surface area is 167 Å². The van der Waals surface area contributed by atoms with Crippen LogP contribution in [0.15, 0.2) is 23.1 Å². The number of nitrogens with zero attached hydrogens (tertiary/aromatic N) is 2. The normalized spacial score (nSPS) is 15.4. The van der Waals surface area contributed by atoms with Gasteiger partial charge in [0.15, 0.2) is 22.1 Å². The quantitative estimate of drug-likeness (QED) is 0.575. The van der Waals surface area contributed by atoms with Gasteiger partial charge in [-0.3, -0.25) is 4.79 Å². The van der Waals surface area contributed by atoms with Gasteiger partial charge < -0.3 is 19.1 Å². The molecule has 8 heteroatoms. The summed E-state index contributed by atoms with van der Waals surface area (Å²) in [7, 11) is 0. The molecule has 1 aliphatic rings. The highest BCUT2D eigenvalue weighted by Crippen LogP contribution is 2.39. The molecular weight excluding hydrogens is 384 g/mol. The van der Waals surface area contributed by atoms with Crippen LogP contribution in [0.5, 0.6) is 11.5 Å². The molecule has 0 aromatic carbocycles. The van der Waals surface area contributed by atoms with Gasteiger partial charge in [0.2, 0.25) is 0 Å². The fraction of sp³-hybridized carbons (Fsp3) is 0.450. The third-order valence-electron chi connectivity index (χ3n) is 4.75. The lowest BCUT2D eigenvalue weighted by Crippen LogP contribution is -2.25. The van der Waals surface area contributed by atoms with Gasteiger partial charge in [0, 0.05) is 18.3 Å². The summed E-state index contributed by atoms with van der Waals surface area (Å²) in [5.74, 6) is -0.255. The standard InChI is InChI=1S/C20H23ClN2O5/c1-4-5-6-27-17-8-16-18(22-19(17)21)13-7-15(24)12(20(25)26)9-23(13)14(10-28-16)11(2)3/h7-9,11,14H,4-6,10H2,1-3H3,(H,25,26)/t14-/m0/s1. The molecule has 7 nitrogen and oxygen atoms in total. The first-order valence-electron chi connectivity index (χ1n) is 9.29. The summed E-state index contributed by atoms with van der Waals surface area (Å²) >= 11 is 6.31. The largest absolute Gasteiger partial charge is 0.490 e. The van der Waals surface area contributed by atoms with Gasteiger partial charge in [-0.2, -0.15) is 0 Å². The smallest absolute Gasteiger partial charge is 0.341 e. The van der Waals surface area contributed by atoms with Gasteiger partial charge >= 0.3 is 5.97 Å². The number of unbranched alkanes of at least 4 members (excludes halogenated alkanes) is 1. The Hall–Kier alpha value is -2.54.